The van der Waals surface area contributed by atoms with Crippen molar-refractivity contribution in [2.45, 2.75) is 51.0 Å². The molecule has 0 radical (unpaired) electrons. The van der Waals surface area contributed by atoms with Crippen molar-refractivity contribution in [3.05, 3.63) is 23.8 Å². The van der Waals surface area contributed by atoms with Crippen molar-refractivity contribution in [2.24, 2.45) is 0 Å². The van der Waals surface area contributed by atoms with E-state index in [9.17, 15) is 4.79 Å². The second-order valence-electron chi connectivity index (χ2n) is 6.20. The Morgan fingerprint density at radius 3 is 2.58 bits per heavy atom. The van der Waals surface area contributed by atoms with Gasteiger partial charge in [-0.15, -0.1) is 0 Å². The van der Waals surface area contributed by atoms with Crippen LogP contribution in [0.5, 0.6) is 11.5 Å². The molecule has 134 valence electrons. The summed E-state index contributed by atoms with van der Waals surface area (Å²) in [4.78, 5) is 12.0. The fraction of sp³-hybridized carbons (Fsp3) is 0.632. The molecule has 1 aromatic rings. The van der Waals surface area contributed by atoms with E-state index in [0.717, 1.165) is 18.6 Å². The standard InChI is InChI=1S/C19H29NO4/c1-22-17-10-9-15(13-18(17)23-2)14-19(21)20-11-6-12-24-16-7-4-3-5-8-16/h9-10,13,16H,3-8,11-12,14H2,1-2H3,(H,20,21). The zero-order chi connectivity index (χ0) is 17.2. The number of benzene rings is 1. The Hall–Kier alpha value is -1.75. The van der Waals surface area contributed by atoms with Gasteiger partial charge in [-0.1, -0.05) is 25.3 Å². The summed E-state index contributed by atoms with van der Waals surface area (Å²) in [5.41, 5.74) is 0.906. The topological polar surface area (TPSA) is 56.8 Å². The molecule has 0 bridgehead atoms. The van der Waals surface area contributed by atoms with E-state index in [1.807, 2.05) is 18.2 Å². The molecule has 5 nitrogen and oxygen atoms in total. The lowest BCUT2D eigenvalue weighted by molar-refractivity contribution is -0.120. The number of amides is 1. The van der Waals surface area contributed by atoms with Crippen LogP contribution >= 0.6 is 0 Å². The molecular weight excluding hydrogens is 306 g/mol. The molecule has 1 fully saturated rings. The fourth-order valence-electron chi connectivity index (χ4n) is 3.02. The molecule has 1 amide bonds. The number of ether oxygens (including phenoxy) is 3. The molecule has 0 aliphatic heterocycles. The number of rotatable bonds is 9. The molecule has 0 unspecified atom stereocenters. The van der Waals surface area contributed by atoms with Crippen molar-refractivity contribution in [3.8, 4) is 11.5 Å². The Labute approximate surface area is 144 Å². The maximum absolute atomic E-state index is 12.0. The van der Waals surface area contributed by atoms with Crippen molar-refractivity contribution < 1.29 is 19.0 Å². The average Bonchev–Trinajstić information content (AvgIpc) is 2.62. The van der Waals surface area contributed by atoms with E-state index in [0.29, 0.717) is 30.6 Å². The predicted molar refractivity (Wildman–Crippen MR) is 93.7 cm³/mol. The molecule has 24 heavy (non-hydrogen) atoms. The highest BCUT2D eigenvalue weighted by Gasteiger charge is 2.13. The largest absolute Gasteiger partial charge is 0.493 e. The quantitative estimate of drug-likeness (QED) is 0.705. The third-order valence-corrected chi connectivity index (χ3v) is 4.36. The Balaban J connectivity index is 1.64. The van der Waals surface area contributed by atoms with Crippen molar-refractivity contribution in [1.29, 1.82) is 0 Å². The summed E-state index contributed by atoms with van der Waals surface area (Å²) in [6, 6.07) is 5.54. The first-order valence-electron chi connectivity index (χ1n) is 8.82. The molecule has 0 spiro atoms. The van der Waals surface area contributed by atoms with Crippen LogP contribution in [0, 0.1) is 0 Å². The Morgan fingerprint density at radius 1 is 1.12 bits per heavy atom. The van der Waals surface area contributed by atoms with E-state index in [2.05, 4.69) is 5.32 Å². The number of carbonyl (C=O) groups excluding carboxylic acids is 1. The molecule has 0 aromatic heterocycles. The van der Waals surface area contributed by atoms with Crippen LogP contribution in [0.3, 0.4) is 0 Å². The third kappa shape index (κ3) is 6.04. The summed E-state index contributed by atoms with van der Waals surface area (Å²) in [5, 5.41) is 2.94. The Bertz CT molecular complexity index is 512. The van der Waals surface area contributed by atoms with E-state index >= 15 is 0 Å². The minimum Gasteiger partial charge on any atom is -0.493 e. The van der Waals surface area contributed by atoms with Gasteiger partial charge in [-0.25, -0.2) is 0 Å². The van der Waals surface area contributed by atoms with Gasteiger partial charge in [0.1, 0.15) is 0 Å². The summed E-state index contributed by atoms with van der Waals surface area (Å²) in [5.74, 6) is 1.32. The highest BCUT2D eigenvalue weighted by atomic mass is 16.5. The van der Waals surface area contributed by atoms with Crippen LogP contribution in [0.15, 0.2) is 18.2 Å². The van der Waals surface area contributed by atoms with Gasteiger partial charge < -0.3 is 19.5 Å². The highest BCUT2D eigenvalue weighted by Crippen LogP contribution is 2.27. The van der Waals surface area contributed by atoms with E-state index in [4.69, 9.17) is 14.2 Å². The molecule has 0 heterocycles. The molecule has 5 heteroatoms. The zero-order valence-corrected chi connectivity index (χ0v) is 14.8. The summed E-state index contributed by atoms with van der Waals surface area (Å²) in [6.07, 6.45) is 7.90. The number of methoxy groups -OCH3 is 2. The molecular formula is C19H29NO4. The van der Waals surface area contributed by atoms with E-state index in [1.54, 1.807) is 14.2 Å². The van der Waals surface area contributed by atoms with Gasteiger partial charge in [0.05, 0.1) is 26.7 Å². The van der Waals surface area contributed by atoms with Gasteiger partial charge in [0, 0.05) is 13.2 Å². The van der Waals surface area contributed by atoms with E-state index < -0.39 is 0 Å². The summed E-state index contributed by atoms with van der Waals surface area (Å²) in [6.45, 7) is 1.38. The molecule has 2 rings (SSSR count). The van der Waals surface area contributed by atoms with Crippen LogP contribution in [0.2, 0.25) is 0 Å². The minimum atomic E-state index is 0.0138. The van der Waals surface area contributed by atoms with Crippen LogP contribution in [0.1, 0.15) is 44.1 Å². The van der Waals surface area contributed by atoms with Gasteiger partial charge in [0.25, 0.3) is 0 Å². The maximum atomic E-state index is 12.0. The van der Waals surface area contributed by atoms with Crippen LogP contribution in [0.4, 0.5) is 0 Å². The average molecular weight is 335 g/mol. The summed E-state index contributed by atoms with van der Waals surface area (Å²) >= 11 is 0. The number of carbonyl (C=O) groups is 1. The first-order valence-corrected chi connectivity index (χ1v) is 8.82. The van der Waals surface area contributed by atoms with Crippen LogP contribution in [-0.2, 0) is 16.0 Å². The lowest BCUT2D eigenvalue weighted by atomic mass is 9.98. The minimum absolute atomic E-state index is 0.0138. The SMILES string of the molecule is COc1ccc(CC(=O)NCCCOC2CCCCC2)cc1OC. The second kappa shape index (κ2) is 10.2. The molecule has 1 aromatic carbocycles. The normalized spacial score (nSPS) is 15.1. The molecule has 1 N–H and O–H groups in total. The van der Waals surface area contributed by atoms with Gasteiger partial charge in [0.2, 0.25) is 5.91 Å². The van der Waals surface area contributed by atoms with Crippen molar-refractivity contribution in [2.75, 3.05) is 27.4 Å². The van der Waals surface area contributed by atoms with Gasteiger partial charge in [-0.3, -0.25) is 4.79 Å². The van der Waals surface area contributed by atoms with Crippen molar-refractivity contribution >= 4 is 5.91 Å². The molecule has 0 atom stereocenters. The van der Waals surface area contributed by atoms with Crippen molar-refractivity contribution in [1.82, 2.24) is 5.32 Å². The monoisotopic (exact) mass is 335 g/mol. The van der Waals surface area contributed by atoms with Gasteiger partial charge in [-0.2, -0.15) is 0 Å². The number of hydrogen-bond acceptors (Lipinski definition) is 4. The molecule has 1 saturated carbocycles. The zero-order valence-electron chi connectivity index (χ0n) is 14.8. The van der Waals surface area contributed by atoms with E-state index in [-0.39, 0.29) is 5.91 Å². The second-order valence-corrected chi connectivity index (χ2v) is 6.20. The lowest BCUT2D eigenvalue weighted by Gasteiger charge is -2.21. The lowest BCUT2D eigenvalue weighted by Crippen LogP contribution is -2.27. The highest BCUT2D eigenvalue weighted by molar-refractivity contribution is 5.78. The first kappa shape index (κ1) is 18.6. The van der Waals surface area contributed by atoms with Gasteiger partial charge >= 0.3 is 0 Å². The molecule has 1 aliphatic rings. The van der Waals surface area contributed by atoms with Gasteiger partial charge in [0.15, 0.2) is 11.5 Å². The Morgan fingerprint density at radius 2 is 1.88 bits per heavy atom. The van der Waals surface area contributed by atoms with E-state index in [1.165, 1.54) is 32.1 Å². The van der Waals surface area contributed by atoms with Crippen LogP contribution in [-0.4, -0.2) is 39.4 Å². The first-order chi connectivity index (χ1) is 11.7. The molecule has 0 saturated heterocycles. The smallest absolute Gasteiger partial charge is 0.224 e. The van der Waals surface area contributed by atoms with Crippen molar-refractivity contribution in [3.63, 3.8) is 0 Å². The summed E-state index contributed by atoms with van der Waals surface area (Å²) < 4.78 is 16.3. The molecule has 1 aliphatic carbocycles. The van der Waals surface area contributed by atoms with Crippen LogP contribution < -0.4 is 14.8 Å². The third-order valence-electron chi connectivity index (χ3n) is 4.36. The predicted octanol–water partition coefficient (Wildman–Crippen LogP) is 3.10. The number of nitrogens with one attached hydrogen (secondary N) is 1. The summed E-state index contributed by atoms with van der Waals surface area (Å²) in [7, 11) is 3.19. The Kier molecular flexibility index (Phi) is 7.89. The number of hydrogen-bond donors (Lipinski definition) is 1. The fourth-order valence-corrected chi connectivity index (χ4v) is 3.02. The van der Waals surface area contributed by atoms with Crippen LogP contribution in [0.25, 0.3) is 0 Å². The van der Waals surface area contributed by atoms with Gasteiger partial charge in [-0.05, 0) is 37.0 Å². The maximum Gasteiger partial charge on any atom is 0.224 e.